The van der Waals surface area contributed by atoms with Gasteiger partial charge in [0.2, 0.25) is 0 Å². The predicted molar refractivity (Wildman–Crippen MR) is 226 cm³/mol. The largest absolute Gasteiger partial charge is 0.365 e. The second kappa shape index (κ2) is 11.3. The van der Waals surface area contributed by atoms with Gasteiger partial charge < -0.3 is 9.80 Å². The molecule has 0 fully saturated rings. The van der Waals surface area contributed by atoms with Crippen LogP contribution in [-0.2, 0) is 23.9 Å². The van der Waals surface area contributed by atoms with E-state index in [0.29, 0.717) is 27.9 Å². The van der Waals surface area contributed by atoms with E-state index in [0.717, 1.165) is 70.8 Å². The van der Waals surface area contributed by atoms with Gasteiger partial charge in [0.1, 0.15) is 0 Å². The molecule has 12 rings (SSSR count). The number of aryl methyl sites for hydroxylation is 3. The van der Waals surface area contributed by atoms with E-state index in [4.69, 9.17) is 0 Å². The fourth-order valence-corrected chi connectivity index (χ4v) is 12.0. The van der Waals surface area contributed by atoms with Crippen molar-refractivity contribution in [1.82, 2.24) is 4.90 Å². The molecule has 3 aliphatic carbocycles. The summed E-state index contributed by atoms with van der Waals surface area (Å²) in [5.74, 6) is -1.28. The molecule has 5 aromatic carbocycles. The van der Waals surface area contributed by atoms with Crippen LogP contribution >= 0.6 is 0 Å². The summed E-state index contributed by atoms with van der Waals surface area (Å²) in [5, 5.41) is 0. The second-order valence-electron chi connectivity index (χ2n) is 18.1. The summed E-state index contributed by atoms with van der Waals surface area (Å²) in [6.45, 7) is 18.3. The fraction of sp³-hybridized carbons (Fsp3) is 0.320. The molecule has 4 bridgehead atoms. The molecule has 0 spiro atoms. The molecule has 4 heterocycles. The number of nitrogens with zero attached hydrogens (tertiary/aromatic N) is 4. The predicted octanol–water partition coefficient (Wildman–Crippen LogP) is 8.59. The molecule has 4 aliphatic heterocycles. The lowest BCUT2D eigenvalue weighted by Gasteiger charge is -2.60. The Bertz CT molecular complexity index is 2700. The number of carbonyl (C=O) groups excluding carboxylic acids is 4. The highest BCUT2D eigenvalue weighted by Gasteiger charge is 2.62. The molecule has 0 radical (unpaired) electrons. The molecule has 8 heteroatoms. The Morgan fingerprint density at radius 2 is 0.879 bits per heavy atom. The van der Waals surface area contributed by atoms with Crippen LogP contribution in [0.25, 0.3) is 0 Å². The van der Waals surface area contributed by atoms with E-state index in [1.165, 1.54) is 37.7 Å². The van der Waals surface area contributed by atoms with Crippen molar-refractivity contribution in [2.45, 2.75) is 72.4 Å². The summed E-state index contributed by atoms with van der Waals surface area (Å²) in [6, 6.07) is 25.4. The van der Waals surface area contributed by atoms with Crippen molar-refractivity contribution in [1.29, 1.82) is 0 Å². The van der Waals surface area contributed by atoms with E-state index >= 15 is 0 Å². The zero-order valence-electron chi connectivity index (χ0n) is 34.3. The van der Waals surface area contributed by atoms with Crippen LogP contribution in [0.15, 0.2) is 72.8 Å². The maximum absolute atomic E-state index is 15.0. The molecular formula is C50H46N4O4. The summed E-state index contributed by atoms with van der Waals surface area (Å²) in [5.41, 5.74) is 15.3. The first kappa shape index (κ1) is 35.2. The van der Waals surface area contributed by atoms with Gasteiger partial charge in [0.15, 0.2) is 0 Å². The lowest BCUT2D eigenvalue weighted by Crippen LogP contribution is -2.55. The third kappa shape index (κ3) is 3.96. The molecule has 8 nitrogen and oxygen atoms in total. The summed E-state index contributed by atoms with van der Waals surface area (Å²) in [7, 11) is 1.54. The van der Waals surface area contributed by atoms with Gasteiger partial charge in [-0.25, -0.2) is 4.90 Å². The lowest BCUT2D eigenvalue weighted by molar-refractivity contribution is 0.0692. The van der Waals surface area contributed by atoms with Crippen molar-refractivity contribution < 1.29 is 19.2 Å². The first-order chi connectivity index (χ1) is 27.7. The van der Waals surface area contributed by atoms with Crippen molar-refractivity contribution in [2.24, 2.45) is 11.8 Å². The average molecular weight is 767 g/mol. The number of hydrogen-bond acceptors (Lipinski definition) is 6. The van der Waals surface area contributed by atoms with Crippen LogP contribution in [-0.4, -0.2) is 48.7 Å². The van der Waals surface area contributed by atoms with E-state index in [2.05, 4.69) is 99.9 Å². The minimum absolute atomic E-state index is 0.0188. The van der Waals surface area contributed by atoms with Gasteiger partial charge in [-0.3, -0.25) is 24.1 Å². The topological polar surface area (TPSA) is 81.2 Å². The molecule has 290 valence electrons. The molecule has 0 N–H and O–H groups in total. The molecule has 0 saturated carbocycles. The normalized spacial score (nSPS) is 22.0. The van der Waals surface area contributed by atoms with Gasteiger partial charge in [-0.05, 0) is 130 Å². The third-order valence-corrected chi connectivity index (χ3v) is 14.8. The molecular weight excluding hydrogens is 721 g/mol. The maximum atomic E-state index is 15.0. The Kier molecular flexibility index (Phi) is 6.87. The van der Waals surface area contributed by atoms with Crippen molar-refractivity contribution >= 4 is 40.7 Å². The minimum atomic E-state index is -0.753. The monoisotopic (exact) mass is 766 g/mol. The molecule has 58 heavy (non-hydrogen) atoms. The number of amides is 4. The van der Waals surface area contributed by atoms with Gasteiger partial charge in [0, 0.05) is 55.4 Å². The van der Waals surface area contributed by atoms with Crippen LogP contribution in [0.3, 0.4) is 0 Å². The Morgan fingerprint density at radius 3 is 1.33 bits per heavy atom. The van der Waals surface area contributed by atoms with E-state index in [9.17, 15) is 19.2 Å². The summed E-state index contributed by atoms with van der Waals surface area (Å²) in [4.78, 5) is 64.6. The van der Waals surface area contributed by atoms with Crippen LogP contribution in [0.4, 0.5) is 17.1 Å². The second-order valence-corrected chi connectivity index (χ2v) is 18.1. The highest BCUT2D eigenvalue weighted by molar-refractivity contribution is 6.35. The zero-order chi connectivity index (χ0) is 40.5. The van der Waals surface area contributed by atoms with Crippen LogP contribution in [0.2, 0.25) is 0 Å². The number of imide groups is 2. The lowest BCUT2D eigenvalue weighted by atomic mass is 9.42. The average Bonchev–Trinajstić information content (AvgIpc) is 3.38. The maximum Gasteiger partial charge on any atom is 0.266 e. The summed E-state index contributed by atoms with van der Waals surface area (Å²) < 4.78 is 0. The van der Waals surface area contributed by atoms with Crippen LogP contribution in [0, 0.1) is 32.6 Å². The third-order valence-electron chi connectivity index (χ3n) is 14.8. The smallest absolute Gasteiger partial charge is 0.266 e. The van der Waals surface area contributed by atoms with Gasteiger partial charge >= 0.3 is 0 Å². The van der Waals surface area contributed by atoms with E-state index in [-0.39, 0.29) is 35.5 Å². The molecule has 0 saturated heterocycles. The van der Waals surface area contributed by atoms with Crippen molar-refractivity contribution in [3.63, 3.8) is 0 Å². The highest BCUT2D eigenvalue weighted by Crippen LogP contribution is 2.67. The molecule has 4 amide bonds. The van der Waals surface area contributed by atoms with E-state index < -0.39 is 10.8 Å². The summed E-state index contributed by atoms with van der Waals surface area (Å²) >= 11 is 0. The molecule has 2 atom stereocenters. The van der Waals surface area contributed by atoms with E-state index in [1.54, 1.807) is 7.05 Å². The number of carbonyl (C=O) groups is 4. The van der Waals surface area contributed by atoms with Crippen molar-refractivity contribution in [3.8, 4) is 0 Å². The SMILES string of the molecule is Cc1cc2c(cc1C)N1CCN(C2)c2cc(N3C(=O)c4cc5c(cc4C3=O)C3(C(C)C)c4ccccc4C5(C(C)C)c4cc5c(cc43)C(=O)N(C)C5=O)c(C)cc2C1. The van der Waals surface area contributed by atoms with Crippen LogP contribution in [0.1, 0.15) is 130 Å². The van der Waals surface area contributed by atoms with Crippen LogP contribution in [0.5, 0.6) is 0 Å². The summed E-state index contributed by atoms with van der Waals surface area (Å²) in [6.07, 6.45) is 0. The van der Waals surface area contributed by atoms with Gasteiger partial charge in [-0.15, -0.1) is 0 Å². The van der Waals surface area contributed by atoms with Gasteiger partial charge in [0.25, 0.3) is 23.6 Å². The number of anilines is 3. The highest BCUT2D eigenvalue weighted by atomic mass is 16.2. The van der Waals surface area contributed by atoms with Crippen molar-refractivity contribution in [2.75, 3.05) is 34.8 Å². The number of rotatable bonds is 3. The number of benzene rings is 5. The van der Waals surface area contributed by atoms with Gasteiger partial charge in [-0.2, -0.15) is 0 Å². The van der Waals surface area contributed by atoms with Gasteiger partial charge in [0.05, 0.1) is 27.9 Å². The zero-order valence-corrected chi connectivity index (χ0v) is 34.3. The quantitative estimate of drug-likeness (QED) is 0.171. The number of fused-ring (bicyclic) bond motifs is 9. The Balaban J connectivity index is 1.10. The standard InChI is InChI=1S/C50H46N4O4/c1-25(2)49-36-11-9-10-12-37(36)50(26(3)4,39-19-33-32(18-38(39)49)45(55)51(8)46(33)56)41-21-35-34(20-40(41)49)47(57)54(48(35)58)42-22-44-31(16-29(42)7)24-52-13-14-53(44)23-30-15-27(5)28(6)17-43(30)52/h9-12,15-22,25-26H,13-14,23-24H2,1-8H3. The molecule has 5 aromatic rings. The van der Waals surface area contributed by atoms with Gasteiger partial charge in [-0.1, -0.05) is 64.1 Å². The van der Waals surface area contributed by atoms with Crippen LogP contribution < -0.4 is 14.7 Å². The minimum Gasteiger partial charge on any atom is -0.365 e. The first-order valence-electron chi connectivity index (χ1n) is 20.6. The fourth-order valence-electron chi connectivity index (χ4n) is 12.0. The Hall–Kier alpha value is -6.02. The molecule has 0 aromatic heterocycles. The molecule has 7 aliphatic rings. The van der Waals surface area contributed by atoms with E-state index in [1.807, 2.05) is 31.2 Å². The Labute approximate surface area is 339 Å². The number of hydrogen-bond donors (Lipinski definition) is 0. The van der Waals surface area contributed by atoms with Crippen molar-refractivity contribution in [3.05, 3.63) is 156 Å². The molecule has 2 unspecified atom stereocenters. The first-order valence-corrected chi connectivity index (χ1v) is 20.6. The Morgan fingerprint density at radius 1 is 0.483 bits per heavy atom.